The zero-order valence-corrected chi connectivity index (χ0v) is 11.7. The van der Waals surface area contributed by atoms with Gasteiger partial charge in [0.05, 0.1) is 10.9 Å². The molecule has 0 atom stereocenters. The van der Waals surface area contributed by atoms with Crippen LogP contribution in [0.4, 0.5) is 0 Å². The van der Waals surface area contributed by atoms with Gasteiger partial charge in [-0.2, -0.15) is 0 Å². The second-order valence-electron chi connectivity index (χ2n) is 4.57. The van der Waals surface area contributed by atoms with Crippen LogP contribution in [0.3, 0.4) is 0 Å². The Labute approximate surface area is 121 Å². The quantitative estimate of drug-likeness (QED) is 0.747. The molecule has 0 saturated heterocycles. The number of fused-ring (bicyclic) bond motifs is 1. The predicted octanol–water partition coefficient (Wildman–Crippen LogP) is 1.25. The smallest absolute Gasteiger partial charge is 0.146 e. The molecule has 1 aliphatic heterocycles. The molecule has 0 amide bonds. The summed E-state index contributed by atoms with van der Waals surface area (Å²) in [6.07, 6.45) is 9.17. The number of allylic oxidation sites excluding steroid dienone is 1. The van der Waals surface area contributed by atoms with Gasteiger partial charge < -0.3 is 10.2 Å². The molecule has 3 rings (SSSR count). The molecule has 0 aliphatic carbocycles. The monoisotopic (exact) mass is 277 g/mol. The lowest BCUT2D eigenvalue weighted by atomic mass is 10.2. The summed E-state index contributed by atoms with van der Waals surface area (Å²) >= 11 is 0. The highest BCUT2D eigenvalue weighted by molar-refractivity contribution is 6.17. The number of H-pyrrole nitrogens is 2. The minimum Gasteiger partial charge on any atom is -0.300 e. The summed E-state index contributed by atoms with van der Waals surface area (Å²) in [5, 5.41) is 9.16. The molecule has 0 radical (unpaired) electrons. The summed E-state index contributed by atoms with van der Waals surface area (Å²) < 4.78 is 0. The Morgan fingerprint density at radius 1 is 1.14 bits per heavy atom. The van der Waals surface area contributed by atoms with E-state index < -0.39 is 0 Å². The summed E-state index contributed by atoms with van der Waals surface area (Å²) in [6.45, 7) is 4.07. The first-order chi connectivity index (χ1) is 10.3. The van der Waals surface area contributed by atoms with E-state index in [2.05, 4.69) is 31.7 Å². The number of aromatic nitrogens is 3. The molecule has 2 N–H and O–H groups in total. The Morgan fingerprint density at radius 2 is 2.05 bits per heavy atom. The Bertz CT molecular complexity index is 905. The fourth-order valence-corrected chi connectivity index (χ4v) is 2.06. The van der Waals surface area contributed by atoms with Gasteiger partial charge in [0.2, 0.25) is 0 Å². The van der Waals surface area contributed by atoms with Gasteiger partial charge in [0, 0.05) is 36.6 Å². The number of hydrogen-bond donors (Lipinski definition) is 2. The van der Waals surface area contributed by atoms with E-state index in [0.29, 0.717) is 5.84 Å². The minimum atomic E-state index is 0.711. The van der Waals surface area contributed by atoms with Crippen LogP contribution in [0.2, 0.25) is 0 Å². The Balaban J connectivity index is 2.27. The molecule has 3 heterocycles. The summed E-state index contributed by atoms with van der Waals surface area (Å²) in [5.74, 6) is 0.711. The average molecular weight is 277 g/mol. The molecular formula is C16H15N5. The molecule has 0 aromatic carbocycles. The van der Waals surface area contributed by atoms with Crippen molar-refractivity contribution in [3.8, 4) is 0 Å². The molecule has 104 valence electrons. The summed E-state index contributed by atoms with van der Waals surface area (Å²) in [6, 6.07) is 5.83. The van der Waals surface area contributed by atoms with Crippen molar-refractivity contribution in [2.75, 3.05) is 7.05 Å². The Hall–Kier alpha value is -2.95. The predicted molar refractivity (Wildman–Crippen MR) is 87.2 cm³/mol. The van der Waals surface area contributed by atoms with Gasteiger partial charge in [0.15, 0.2) is 0 Å². The van der Waals surface area contributed by atoms with Crippen molar-refractivity contribution in [2.45, 2.75) is 0 Å². The van der Waals surface area contributed by atoms with Crippen LogP contribution >= 0.6 is 0 Å². The zero-order valence-electron chi connectivity index (χ0n) is 11.7. The zero-order chi connectivity index (χ0) is 14.7. The van der Waals surface area contributed by atoms with Crippen LogP contribution in [0.5, 0.6) is 0 Å². The lowest BCUT2D eigenvalue weighted by Gasteiger charge is -2.01. The number of amidine groups is 1. The second kappa shape index (κ2) is 5.58. The van der Waals surface area contributed by atoms with Gasteiger partial charge in [-0.1, -0.05) is 12.6 Å². The molecule has 0 bridgehead atoms. The number of nitrogens with one attached hydrogen (secondary N) is 2. The maximum atomic E-state index is 4.27. The number of pyridine rings is 1. The standard InChI is InChI=1S/C16H15N5/c1-11-3-5-14(12-4-6-16(17-2)19-9-12)20-21-15-7-8-18-10-13(11)15/h3-10,20-21H,1H2,2H3. The summed E-state index contributed by atoms with van der Waals surface area (Å²) in [7, 11) is 1.72. The summed E-state index contributed by atoms with van der Waals surface area (Å²) in [4.78, 5) is 12.4. The molecule has 0 spiro atoms. The van der Waals surface area contributed by atoms with Crippen LogP contribution in [0.25, 0.3) is 23.1 Å². The van der Waals surface area contributed by atoms with E-state index in [-0.39, 0.29) is 0 Å². The van der Waals surface area contributed by atoms with E-state index in [4.69, 9.17) is 0 Å². The van der Waals surface area contributed by atoms with Crippen molar-refractivity contribution < 1.29 is 0 Å². The molecule has 0 saturated carbocycles. The van der Waals surface area contributed by atoms with Crippen LogP contribution in [0.15, 0.2) is 52.7 Å². The SMILES string of the molecule is C=c1ccc(=C2C=CC(=NC)N=C2)[nH][nH]c2ccncc12. The van der Waals surface area contributed by atoms with Gasteiger partial charge in [0.1, 0.15) is 5.84 Å². The highest BCUT2D eigenvalue weighted by Crippen LogP contribution is 2.01. The maximum absolute atomic E-state index is 4.27. The normalized spacial score (nSPS) is 18.2. The summed E-state index contributed by atoms with van der Waals surface area (Å²) in [5.41, 5.74) is 1.90. The van der Waals surface area contributed by atoms with E-state index in [9.17, 15) is 0 Å². The van der Waals surface area contributed by atoms with Gasteiger partial charge in [-0.3, -0.25) is 9.98 Å². The number of hydrogen-bond acceptors (Lipinski definition) is 2. The van der Waals surface area contributed by atoms with Crippen LogP contribution in [-0.2, 0) is 0 Å². The lowest BCUT2D eigenvalue weighted by Crippen LogP contribution is -2.15. The van der Waals surface area contributed by atoms with Crippen molar-refractivity contribution in [2.24, 2.45) is 9.98 Å². The van der Waals surface area contributed by atoms with Crippen molar-refractivity contribution in [1.82, 2.24) is 15.2 Å². The van der Waals surface area contributed by atoms with Gasteiger partial charge in [-0.15, -0.1) is 0 Å². The van der Waals surface area contributed by atoms with E-state index in [1.54, 1.807) is 25.7 Å². The number of nitrogens with zero attached hydrogens (tertiary/aromatic N) is 3. The molecular weight excluding hydrogens is 262 g/mol. The molecule has 0 fully saturated rings. The van der Waals surface area contributed by atoms with Crippen LogP contribution < -0.4 is 10.6 Å². The first-order valence-electron chi connectivity index (χ1n) is 6.54. The topological polar surface area (TPSA) is 69.2 Å². The fraction of sp³-hybridized carbons (Fsp3) is 0.0625. The Morgan fingerprint density at radius 3 is 2.81 bits per heavy atom. The first kappa shape index (κ1) is 13.1. The highest BCUT2D eigenvalue weighted by atomic mass is 15.1. The third-order valence-electron chi connectivity index (χ3n) is 3.24. The number of aliphatic imine (C=N–C) groups is 2. The number of aromatic amines is 2. The number of rotatable bonds is 0. The van der Waals surface area contributed by atoms with Crippen LogP contribution in [-0.4, -0.2) is 34.3 Å². The van der Waals surface area contributed by atoms with E-state index in [1.807, 2.05) is 30.4 Å². The maximum Gasteiger partial charge on any atom is 0.146 e. The second-order valence-corrected chi connectivity index (χ2v) is 4.57. The first-order valence-corrected chi connectivity index (χ1v) is 6.54. The van der Waals surface area contributed by atoms with Crippen molar-refractivity contribution >= 4 is 35.1 Å². The average Bonchev–Trinajstić information content (AvgIpc) is 2.53. The van der Waals surface area contributed by atoms with Gasteiger partial charge in [-0.25, -0.2) is 4.99 Å². The number of dihydropyridines is 1. The van der Waals surface area contributed by atoms with Crippen molar-refractivity contribution in [1.29, 1.82) is 0 Å². The molecule has 2 aromatic rings. The lowest BCUT2D eigenvalue weighted by molar-refractivity contribution is 1.04. The van der Waals surface area contributed by atoms with E-state index in [0.717, 1.165) is 27.0 Å². The van der Waals surface area contributed by atoms with Gasteiger partial charge in [-0.05, 0) is 29.5 Å². The molecule has 5 heteroatoms. The van der Waals surface area contributed by atoms with Gasteiger partial charge >= 0.3 is 0 Å². The Kier molecular flexibility index (Phi) is 3.47. The third-order valence-corrected chi connectivity index (χ3v) is 3.24. The molecule has 5 nitrogen and oxygen atoms in total. The third kappa shape index (κ3) is 2.67. The van der Waals surface area contributed by atoms with Crippen molar-refractivity contribution in [3.63, 3.8) is 0 Å². The van der Waals surface area contributed by atoms with Crippen molar-refractivity contribution in [3.05, 3.63) is 53.3 Å². The molecule has 0 unspecified atom stereocenters. The highest BCUT2D eigenvalue weighted by Gasteiger charge is 1.99. The molecule has 1 aliphatic rings. The van der Waals surface area contributed by atoms with Crippen LogP contribution in [0.1, 0.15) is 0 Å². The largest absolute Gasteiger partial charge is 0.300 e. The van der Waals surface area contributed by atoms with Gasteiger partial charge in [0.25, 0.3) is 0 Å². The van der Waals surface area contributed by atoms with Crippen LogP contribution in [0, 0.1) is 0 Å². The molecule has 21 heavy (non-hydrogen) atoms. The minimum absolute atomic E-state index is 0.711. The molecule has 2 aromatic heterocycles. The van der Waals surface area contributed by atoms with E-state index >= 15 is 0 Å². The van der Waals surface area contributed by atoms with E-state index in [1.165, 1.54) is 0 Å². The fourth-order valence-electron chi connectivity index (χ4n) is 2.06.